The molecule has 0 atom stereocenters. The lowest BCUT2D eigenvalue weighted by atomic mass is 10.1. The van der Waals surface area contributed by atoms with Crippen LogP contribution < -0.4 is 15.6 Å². The van der Waals surface area contributed by atoms with Crippen LogP contribution in [0.15, 0.2) is 48.8 Å². The number of hydrogen-bond acceptors (Lipinski definition) is 8. The molecule has 0 radical (unpaired) electrons. The lowest BCUT2D eigenvalue weighted by molar-refractivity contribution is 0.0961. The second-order valence-corrected chi connectivity index (χ2v) is 7.90. The fourth-order valence-electron chi connectivity index (χ4n) is 3.30. The Labute approximate surface area is 187 Å². The number of para-hydroxylation sites is 1. The van der Waals surface area contributed by atoms with Crippen molar-refractivity contribution in [2.45, 2.75) is 13.8 Å². The molecule has 0 aliphatic heterocycles. The van der Waals surface area contributed by atoms with Gasteiger partial charge < -0.3 is 9.84 Å². The first kappa shape index (κ1) is 21.3. The molecule has 0 aliphatic rings. The summed E-state index contributed by atoms with van der Waals surface area (Å²) in [5.41, 5.74) is 8.15. The first-order chi connectivity index (χ1) is 15.5. The Kier molecular flexibility index (Phi) is 6.00. The van der Waals surface area contributed by atoms with E-state index in [1.807, 2.05) is 31.2 Å². The lowest BCUT2D eigenvalue weighted by Gasteiger charge is -2.10. The Morgan fingerprint density at radius 3 is 2.78 bits per heavy atom. The minimum absolute atomic E-state index is 0.0224. The van der Waals surface area contributed by atoms with Crippen molar-refractivity contribution in [3.63, 3.8) is 0 Å². The molecule has 0 unspecified atom stereocenters. The van der Waals surface area contributed by atoms with E-state index >= 15 is 0 Å². The van der Waals surface area contributed by atoms with Crippen LogP contribution in [0, 0.1) is 6.92 Å². The molecule has 0 aliphatic carbocycles. The molecular formula is C23H20N4O4S. The van der Waals surface area contributed by atoms with E-state index in [2.05, 4.69) is 20.8 Å². The van der Waals surface area contributed by atoms with Gasteiger partial charge in [0.2, 0.25) is 0 Å². The van der Waals surface area contributed by atoms with E-state index in [1.54, 1.807) is 25.1 Å². The minimum Gasteiger partial charge on any atom is -0.504 e. The molecule has 2 aromatic heterocycles. The highest BCUT2D eigenvalue weighted by Crippen LogP contribution is 2.47. The predicted molar refractivity (Wildman–Crippen MR) is 123 cm³/mol. The van der Waals surface area contributed by atoms with Crippen LogP contribution in [0.1, 0.15) is 33.2 Å². The standard InChI is InChI=1S/C23H20N4O4S/c1-3-31-17-7-5-4-6-16(17)20-19(29)18-21(32-20)22(25-12-24-18)26-27-23(30)15-9-8-14(11-28)10-13(15)2/h4-12,29H,3H2,1-2H3,(H,27,30)(H,24,25,26). The van der Waals surface area contributed by atoms with Crippen molar-refractivity contribution < 1.29 is 19.4 Å². The molecule has 0 bridgehead atoms. The number of hydrazine groups is 1. The summed E-state index contributed by atoms with van der Waals surface area (Å²) in [6, 6.07) is 12.2. The summed E-state index contributed by atoms with van der Waals surface area (Å²) in [6.07, 6.45) is 2.04. The maximum absolute atomic E-state index is 12.6. The van der Waals surface area contributed by atoms with Crippen LogP contribution in [0.5, 0.6) is 11.5 Å². The van der Waals surface area contributed by atoms with E-state index in [0.717, 1.165) is 11.8 Å². The highest BCUT2D eigenvalue weighted by atomic mass is 32.1. The Balaban J connectivity index is 1.64. The minimum atomic E-state index is -0.380. The van der Waals surface area contributed by atoms with Gasteiger partial charge in [-0.25, -0.2) is 9.97 Å². The molecule has 4 rings (SSSR count). The van der Waals surface area contributed by atoms with Gasteiger partial charge in [-0.15, -0.1) is 11.3 Å². The van der Waals surface area contributed by atoms with Crippen molar-refractivity contribution in [1.82, 2.24) is 15.4 Å². The Morgan fingerprint density at radius 1 is 1.22 bits per heavy atom. The molecule has 0 spiro atoms. The largest absolute Gasteiger partial charge is 0.504 e. The number of aldehydes is 1. The fraction of sp³-hybridized carbons (Fsp3) is 0.130. The van der Waals surface area contributed by atoms with Gasteiger partial charge in [-0.2, -0.15) is 0 Å². The van der Waals surface area contributed by atoms with Crippen molar-refractivity contribution in [3.05, 3.63) is 65.5 Å². The fourth-order valence-corrected chi connectivity index (χ4v) is 4.42. The third kappa shape index (κ3) is 3.97. The molecule has 8 nitrogen and oxygen atoms in total. The van der Waals surface area contributed by atoms with Crippen molar-refractivity contribution in [1.29, 1.82) is 0 Å². The van der Waals surface area contributed by atoms with E-state index in [0.29, 0.717) is 50.0 Å². The highest BCUT2D eigenvalue weighted by molar-refractivity contribution is 7.23. The van der Waals surface area contributed by atoms with Gasteiger partial charge in [0.05, 0.1) is 11.5 Å². The van der Waals surface area contributed by atoms with Gasteiger partial charge in [-0.3, -0.25) is 20.4 Å². The number of carbonyl (C=O) groups excluding carboxylic acids is 2. The second kappa shape index (κ2) is 9.03. The number of carbonyl (C=O) groups is 2. The van der Waals surface area contributed by atoms with Crippen LogP contribution in [0.3, 0.4) is 0 Å². The predicted octanol–water partition coefficient (Wildman–Crippen LogP) is 4.34. The lowest BCUT2D eigenvalue weighted by Crippen LogP contribution is -2.30. The summed E-state index contributed by atoms with van der Waals surface area (Å²) in [5, 5.41) is 10.8. The first-order valence-electron chi connectivity index (χ1n) is 9.84. The maximum atomic E-state index is 12.6. The van der Waals surface area contributed by atoms with E-state index in [1.165, 1.54) is 17.7 Å². The number of anilines is 1. The number of benzene rings is 2. The monoisotopic (exact) mass is 448 g/mol. The van der Waals surface area contributed by atoms with E-state index < -0.39 is 0 Å². The molecule has 9 heteroatoms. The number of aromatic hydroxyl groups is 1. The molecule has 2 heterocycles. The van der Waals surface area contributed by atoms with Crippen molar-refractivity contribution in [3.8, 4) is 21.9 Å². The van der Waals surface area contributed by atoms with Crippen LogP contribution in [0.2, 0.25) is 0 Å². The normalized spacial score (nSPS) is 10.7. The van der Waals surface area contributed by atoms with E-state index in [-0.39, 0.29) is 11.7 Å². The average molecular weight is 449 g/mol. The third-order valence-electron chi connectivity index (χ3n) is 4.80. The van der Waals surface area contributed by atoms with Crippen molar-refractivity contribution in [2.24, 2.45) is 0 Å². The van der Waals surface area contributed by atoms with Crippen LogP contribution in [0.4, 0.5) is 5.82 Å². The van der Waals surface area contributed by atoms with Gasteiger partial charge in [-0.05, 0) is 43.7 Å². The number of amides is 1. The summed E-state index contributed by atoms with van der Waals surface area (Å²) < 4.78 is 6.28. The van der Waals surface area contributed by atoms with Gasteiger partial charge in [-0.1, -0.05) is 18.2 Å². The maximum Gasteiger partial charge on any atom is 0.269 e. The number of ether oxygens (including phenoxy) is 1. The van der Waals surface area contributed by atoms with E-state index in [4.69, 9.17) is 4.74 Å². The zero-order valence-corrected chi connectivity index (χ0v) is 18.2. The summed E-state index contributed by atoms with van der Waals surface area (Å²) in [6.45, 7) is 4.14. The molecule has 32 heavy (non-hydrogen) atoms. The van der Waals surface area contributed by atoms with Gasteiger partial charge in [0, 0.05) is 16.7 Å². The number of aromatic nitrogens is 2. The highest BCUT2D eigenvalue weighted by Gasteiger charge is 2.20. The molecule has 1 amide bonds. The average Bonchev–Trinajstić information content (AvgIpc) is 3.15. The zero-order chi connectivity index (χ0) is 22.7. The number of rotatable bonds is 7. The molecule has 0 saturated carbocycles. The van der Waals surface area contributed by atoms with Gasteiger partial charge in [0.15, 0.2) is 11.6 Å². The number of aryl methyl sites for hydroxylation is 1. The third-order valence-corrected chi connectivity index (χ3v) is 6.01. The first-order valence-corrected chi connectivity index (χ1v) is 10.7. The summed E-state index contributed by atoms with van der Waals surface area (Å²) in [7, 11) is 0. The van der Waals surface area contributed by atoms with Crippen LogP contribution in [-0.4, -0.2) is 33.9 Å². The molecule has 3 N–H and O–H groups in total. The molecule has 2 aromatic carbocycles. The second-order valence-electron chi connectivity index (χ2n) is 6.88. The summed E-state index contributed by atoms with van der Waals surface area (Å²) >= 11 is 1.29. The zero-order valence-electron chi connectivity index (χ0n) is 17.4. The number of thiophene rings is 1. The quantitative estimate of drug-likeness (QED) is 0.285. The van der Waals surface area contributed by atoms with Crippen molar-refractivity contribution in [2.75, 3.05) is 12.0 Å². The smallest absolute Gasteiger partial charge is 0.269 e. The number of nitrogens with one attached hydrogen (secondary N) is 2. The summed E-state index contributed by atoms with van der Waals surface area (Å²) in [4.78, 5) is 32.5. The molecular weight excluding hydrogens is 428 g/mol. The SMILES string of the molecule is CCOc1ccccc1-c1sc2c(NNC(=O)c3ccc(C=O)cc3C)ncnc2c1O. The number of fused-ring (bicyclic) bond motifs is 1. The number of hydrogen-bond donors (Lipinski definition) is 3. The molecule has 0 fully saturated rings. The van der Waals surface area contributed by atoms with Crippen LogP contribution in [0.25, 0.3) is 20.7 Å². The van der Waals surface area contributed by atoms with Gasteiger partial charge >= 0.3 is 0 Å². The molecule has 0 saturated heterocycles. The Bertz CT molecular complexity index is 1320. The van der Waals surface area contributed by atoms with Crippen LogP contribution in [-0.2, 0) is 0 Å². The molecule has 162 valence electrons. The van der Waals surface area contributed by atoms with E-state index in [9.17, 15) is 14.7 Å². The van der Waals surface area contributed by atoms with Crippen molar-refractivity contribution >= 4 is 39.6 Å². The van der Waals surface area contributed by atoms with Gasteiger partial charge in [0.25, 0.3) is 5.91 Å². The summed E-state index contributed by atoms with van der Waals surface area (Å²) in [5.74, 6) is 0.649. The number of nitrogens with zero attached hydrogens (tertiary/aromatic N) is 2. The Hall–Kier alpha value is -3.98. The topological polar surface area (TPSA) is 113 Å². The van der Waals surface area contributed by atoms with Crippen LogP contribution >= 0.6 is 11.3 Å². The Morgan fingerprint density at radius 2 is 2.03 bits per heavy atom. The van der Waals surface area contributed by atoms with Gasteiger partial charge in [0.1, 0.15) is 28.6 Å². The molecule has 4 aromatic rings.